The highest BCUT2D eigenvalue weighted by Gasteiger charge is 2.76. The maximum Gasteiger partial charge on any atom is 0.247 e. The molecule has 6 atom stereocenters. The zero-order valence-electron chi connectivity index (χ0n) is 21.9. The molecule has 1 aromatic carbocycles. The van der Waals surface area contributed by atoms with Crippen LogP contribution in [-0.2, 0) is 20.9 Å². The van der Waals surface area contributed by atoms with Crippen molar-refractivity contribution in [3.8, 4) is 0 Å². The lowest BCUT2D eigenvalue weighted by atomic mass is 9.65. The number of likely N-dealkylation sites (tertiary alicyclic amines) is 1. The maximum absolute atomic E-state index is 14.3. The molecule has 4 rings (SSSR count). The largest absolute Gasteiger partial charge is 0.395 e. The van der Waals surface area contributed by atoms with Gasteiger partial charge in [0.15, 0.2) is 0 Å². The van der Waals surface area contributed by atoms with Crippen molar-refractivity contribution in [1.82, 2.24) is 14.7 Å². The third kappa shape index (κ3) is 4.63. The highest BCUT2D eigenvalue weighted by atomic mass is 32.2. The summed E-state index contributed by atoms with van der Waals surface area (Å²) < 4.78 is -0.698. The molecule has 3 amide bonds. The summed E-state index contributed by atoms with van der Waals surface area (Å²) in [7, 11) is 0. The Morgan fingerprint density at radius 3 is 2.46 bits per heavy atom. The summed E-state index contributed by atoms with van der Waals surface area (Å²) in [4.78, 5) is 47.3. The summed E-state index contributed by atoms with van der Waals surface area (Å²) in [5, 5.41) is 9.89. The van der Waals surface area contributed by atoms with Gasteiger partial charge in [-0.2, -0.15) is 0 Å². The number of aliphatic hydroxyl groups is 1. The van der Waals surface area contributed by atoms with Crippen LogP contribution >= 0.6 is 11.8 Å². The Bertz CT molecular complexity index is 1030. The molecular weight excluding hydrogens is 486 g/mol. The number of aliphatic hydroxyl groups excluding tert-OH is 1. The van der Waals surface area contributed by atoms with Gasteiger partial charge in [0.1, 0.15) is 6.04 Å². The summed E-state index contributed by atoms with van der Waals surface area (Å²) in [5.74, 6) is -1.31. The van der Waals surface area contributed by atoms with Crippen molar-refractivity contribution < 1.29 is 19.5 Å². The van der Waals surface area contributed by atoms with Crippen molar-refractivity contribution in [2.24, 2.45) is 17.8 Å². The van der Waals surface area contributed by atoms with Crippen LogP contribution < -0.4 is 0 Å². The molecule has 0 saturated carbocycles. The lowest BCUT2D eigenvalue weighted by Crippen LogP contribution is -2.57. The van der Waals surface area contributed by atoms with Crippen molar-refractivity contribution in [3.05, 3.63) is 61.2 Å². The fraction of sp³-hybridized carbons (Fsp3) is 0.552. The number of benzene rings is 1. The third-order valence-corrected chi connectivity index (χ3v) is 10.2. The van der Waals surface area contributed by atoms with Crippen LogP contribution in [-0.4, -0.2) is 86.4 Å². The van der Waals surface area contributed by atoms with Crippen molar-refractivity contribution in [1.29, 1.82) is 0 Å². The Labute approximate surface area is 224 Å². The van der Waals surface area contributed by atoms with E-state index >= 15 is 0 Å². The molecular formula is C29H39N3O4S. The Balaban J connectivity index is 1.73. The van der Waals surface area contributed by atoms with Gasteiger partial charge in [0.25, 0.3) is 0 Å². The van der Waals surface area contributed by atoms with E-state index in [1.165, 1.54) is 0 Å². The molecule has 8 heteroatoms. The smallest absolute Gasteiger partial charge is 0.247 e. The second-order valence-electron chi connectivity index (χ2n) is 10.4. The van der Waals surface area contributed by atoms with E-state index in [1.807, 2.05) is 37.3 Å². The molecule has 200 valence electrons. The minimum absolute atomic E-state index is 0.00539. The lowest BCUT2D eigenvalue weighted by Gasteiger charge is -2.41. The summed E-state index contributed by atoms with van der Waals surface area (Å²) in [6.45, 7) is 13.4. The first-order valence-corrected chi connectivity index (χ1v) is 14.2. The van der Waals surface area contributed by atoms with Crippen LogP contribution in [0.3, 0.4) is 0 Å². The van der Waals surface area contributed by atoms with Crippen molar-refractivity contribution in [3.63, 3.8) is 0 Å². The molecule has 1 N–H and O–H groups in total. The van der Waals surface area contributed by atoms with E-state index in [0.717, 1.165) is 18.4 Å². The Kier molecular flexibility index (Phi) is 8.49. The van der Waals surface area contributed by atoms with E-state index in [4.69, 9.17) is 0 Å². The van der Waals surface area contributed by atoms with Crippen LogP contribution in [0.25, 0.3) is 0 Å². The van der Waals surface area contributed by atoms with Gasteiger partial charge in [-0.05, 0) is 24.3 Å². The van der Waals surface area contributed by atoms with E-state index in [-0.39, 0.29) is 42.0 Å². The van der Waals surface area contributed by atoms with E-state index in [9.17, 15) is 19.5 Å². The van der Waals surface area contributed by atoms with Crippen LogP contribution in [0.15, 0.2) is 55.6 Å². The average Bonchev–Trinajstić information content (AvgIpc) is 3.48. The van der Waals surface area contributed by atoms with Gasteiger partial charge < -0.3 is 19.8 Å². The van der Waals surface area contributed by atoms with E-state index in [0.29, 0.717) is 26.2 Å². The molecule has 0 aliphatic carbocycles. The van der Waals surface area contributed by atoms with Crippen LogP contribution in [0.1, 0.15) is 32.3 Å². The summed E-state index contributed by atoms with van der Waals surface area (Å²) in [6, 6.07) is 9.04. The molecule has 0 radical (unpaired) electrons. The molecule has 3 heterocycles. The minimum Gasteiger partial charge on any atom is -0.395 e. The quantitative estimate of drug-likeness (QED) is 0.425. The first kappa shape index (κ1) is 27.5. The van der Waals surface area contributed by atoms with Crippen LogP contribution in [0, 0.1) is 17.8 Å². The number of fused-ring (bicyclic) bond motifs is 1. The number of hydrogen-bond acceptors (Lipinski definition) is 5. The molecule has 1 aromatic rings. The van der Waals surface area contributed by atoms with Crippen molar-refractivity contribution in [2.45, 2.75) is 49.3 Å². The maximum atomic E-state index is 14.3. The normalized spacial score (nSPS) is 29.8. The second kappa shape index (κ2) is 11.4. The molecule has 3 fully saturated rings. The Morgan fingerprint density at radius 2 is 1.84 bits per heavy atom. The van der Waals surface area contributed by atoms with Gasteiger partial charge in [0.05, 0.1) is 23.2 Å². The van der Waals surface area contributed by atoms with Crippen molar-refractivity contribution in [2.75, 3.05) is 32.8 Å². The number of hydrogen-bond donors (Lipinski definition) is 1. The average molecular weight is 526 g/mol. The minimum atomic E-state index is -0.734. The van der Waals surface area contributed by atoms with Gasteiger partial charge in [0, 0.05) is 38.0 Å². The predicted molar refractivity (Wildman–Crippen MR) is 147 cm³/mol. The number of β-amino-alcohol motifs (C(OH)–C–C–N with tert-alkyl or cyclic N) is 1. The first-order valence-electron chi connectivity index (χ1n) is 13.3. The van der Waals surface area contributed by atoms with Gasteiger partial charge in [0.2, 0.25) is 17.7 Å². The Morgan fingerprint density at radius 1 is 1.16 bits per heavy atom. The molecule has 2 bridgehead atoms. The fourth-order valence-corrected chi connectivity index (χ4v) is 9.13. The summed E-state index contributed by atoms with van der Waals surface area (Å²) >= 11 is 1.67. The highest BCUT2D eigenvalue weighted by Crippen LogP contribution is 2.68. The molecule has 3 unspecified atom stereocenters. The number of nitrogens with zero attached hydrogens (tertiary/aromatic N) is 3. The van der Waals surface area contributed by atoms with E-state index in [2.05, 4.69) is 20.1 Å². The zero-order chi connectivity index (χ0) is 26.7. The first-order chi connectivity index (χ1) is 17.8. The van der Waals surface area contributed by atoms with E-state index < -0.39 is 22.6 Å². The van der Waals surface area contributed by atoms with Gasteiger partial charge in [-0.25, -0.2) is 0 Å². The number of amides is 3. The second-order valence-corrected chi connectivity index (χ2v) is 11.9. The van der Waals surface area contributed by atoms with Gasteiger partial charge in [-0.3, -0.25) is 14.4 Å². The summed E-state index contributed by atoms with van der Waals surface area (Å²) in [5.41, 5.74) is 0.994. The zero-order valence-corrected chi connectivity index (χ0v) is 22.7. The molecule has 1 spiro atoms. The predicted octanol–water partition coefficient (Wildman–Crippen LogP) is 2.96. The topological polar surface area (TPSA) is 81.2 Å². The fourth-order valence-electron chi connectivity index (χ4n) is 6.72. The number of rotatable bonds is 12. The highest BCUT2D eigenvalue weighted by molar-refractivity contribution is 8.02. The van der Waals surface area contributed by atoms with Gasteiger partial charge in [-0.15, -0.1) is 24.9 Å². The van der Waals surface area contributed by atoms with Gasteiger partial charge in [-0.1, -0.05) is 56.3 Å². The number of carbonyl (C=O) groups excluding carboxylic acids is 3. The number of carbonyl (C=O) groups is 3. The standard InChI is InChI=1S/C29H39N3O4S/c1-5-13-30(14-6-2)26(34)23-22-18-20(4)29(37-22)24(23)27(35)32(16-17-33)25(29)28(36)31(15-7-3)19-21-11-9-8-10-12-21/h5,7-12,20,22-25,33H,1,3,6,13-19H2,2,4H3/t20?,22-,23+,24+,25?,29?/m1/s1. The molecule has 3 aliphatic rings. The third-order valence-electron chi connectivity index (χ3n) is 8.14. The molecule has 37 heavy (non-hydrogen) atoms. The molecule has 3 saturated heterocycles. The number of thioether (sulfide) groups is 1. The molecule has 3 aliphatic heterocycles. The molecule has 7 nitrogen and oxygen atoms in total. The SMILES string of the molecule is C=CCN(Cc1ccccc1)C(=O)C1N(CCO)C(=O)[C@@H]2[C@@H](C(=O)N(CC=C)CCC)[C@H]3CC(C)C12S3. The van der Waals surface area contributed by atoms with Crippen LogP contribution in [0.5, 0.6) is 0 Å². The van der Waals surface area contributed by atoms with Gasteiger partial charge >= 0.3 is 0 Å². The van der Waals surface area contributed by atoms with Crippen LogP contribution in [0.2, 0.25) is 0 Å². The van der Waals surface area contributed by atoms with Crippen LogP contribution in [0.4, 0.5) is 0 Å². The lowest BCUT2D eigenvalue weighted by molar-refractivity contribution is -0.145. The monoisotopic (exact) mass is 525 g/mol. The summed E-state index contributed by atoms with van der Waals surface area (Å²) in [6.07, 6.45) is 5.04. The van der Waals surface area contributed by atoms with E-state index in [1.54, 1.807) is 38.6 Å². The van der Waals surface area contributed by atoms with Crippen molar-refractivity contribution >= 4 is 29.5 Å². The molecule has 0 aromatic heterocycles. The Hall–Kier alpha value is -2.58.